The average Bonchev–Trinajstić information content (AvgIpc) is 2.73. The summed E-state index contributed by atoms with van der Waals surface area (Å²) in [6, 6.07) is 9.29. The van der Waals surface area contributed by atoms with Crippen molar-refractivity contribution in [2.24, 2.45) is 0 Å². The molecule has 1 fully saturated rings. The predicted molar refractivity (Wildman–Crippen MR) is 105 cm³/mol. The molecule has 3 rings (SSSR count). The van der Waals surface area contributed by atoms with Crippen LogP contribution in [-0.2, 0) is 12.7 Å². The van der Waals surface area contributed by atoms with Crippen LogP contribution in [0.3, 0.4) is 0 Å². The molecule has 10 heteroatoms. The van der Waals surface area contributed by atoms with Gasteiger partial charge in [-0.2, -0.15) is 13.2 Å². The minimum absolute atomic E-state index is 0.166. The first-order valence-electron chi connectivity index (χ1n) is 9.33. The van der Waals surface area contributed by atoms with E-state index in [-0.39, 0.29) is 17.2 Å². The number of nitrogens with one attached hydrogen (secondary N) is 1. The molecule has 1 saturated heterocycles. The molecule has 0 unspecified atom stereocenters. The molecule has 1 amide bonds. The van der Waals surface area contributed by atoms with Gasteiger partial charge in [0.2, 0.25) is 0 Å². The van der Waals surface area contributed by atoms with Crippen molar-refractivity contribution in [1.29, 1.82) is 0 Å². The van der Waals surface area contributed by atoms with Gasteiger partial charge in [-0.1, -0.05) is 18.2 Å². The Labute approximate surface area is 171 Å². The van der Waals surface area contributed by atoms with E-state index in [1.165, 1.54) is 24.3 Å². The van der Waals surface area contributed by atoms with Gasteiger partial charge in [0.25, 0.3) is 11.6 Å². The van der Waals surface area contributed by atoms with Crippen molar-refractivity contribution in [3.8, 4) is 0 Å². The summed E-state index contributed by atoms with van der Waals surface area (Å²) in [5.41, 5.74) is 0.426. The van der Waals surface area contributed by atoms with Crippen molar-refractivity contribution in [1.82, 2.24) is 9.80 Å². The second-order valence-electron chi connectivity index (χ2n) is 7.00. The summed E-state index contributed by atoms with van der Waals surface area (Å²) in [6.45, 7) is 2.09. The fourth-order valence-electron chi connectivity index (χ4n) is 3.42. The Morgan fingerprint density at radius 3 is 2.43 bits per heavy atom. The highest BCUT2D eigenvalue weighted by Crippen LogP contribution is 2.30. The van der Waals surface area contributed by atoms with Crippen molar-refractivity contribution in [2.75, 3.05) is 38.5 Å². The highest BCUT2D eigenvalue weighted by atomic mass is 19.4. The van der Waals surface area contributed by atoms with Crippen molar-refractivity contribution in [2.45, 2.75) is 12.7 Å². The summed E-state index contributed by atoms with van der Waals surface area (Å²) >= 11 is 0. The predicted octanol–water partition coefficient (Wildman–Crippen LogP) is 3.61. The lowest BCUT2D eigenvalue weighted by Gasteiger charge is -2.35. The van der Waals surface area contributed by atoms with Crippen LogP contribution in [0.2, 0.25) is 0 Å². The summed E-state index contributed by atoms with van der Waals surface area (Å²) < 4.78 is 38.6. The monoisotopic (exact) mass is 422 g/mol. The van der Waals surface area contributed by atoms with Crippen LogP contribution in [0.4, 0.5) is 24.5 Å². The lowest BCUT2D eigenvalue weighted by atomic mass is 10.1. The Morgan fingerprint density at radius 2 is 1.83 bits per heavy atom. The fraction of sp³-hybridized carbons (Fsp3) is 0.350. The van der Waals surface area contributed by atoms with Gasteiger partial charge in [0.1, 0.15) is 0 Å². The van der Waals surface area contributed by atoms with Crippen molar-refractivity contribution in [3.63, 3.8) is 0 Å². The van der Waals surface area contributed by atoms with E-state index in [1.54, 1.807) is 18.0 Å². The molecule has 7 nitrogen and oxygen atoms in total. The number of nitro groups is 1. The first-order valence-corrected chi connectivity index (χ1v) is 9.33. The molecule has 1 aliphatic heterocycles. The molecule has 160 valence electrons. The van der Waals surface area contributed by atoms with Crippen molar-refractivity contribution in [3.05, 3.63) is 69.3 Å². The number of alkyl halides is 3. The zero-order chi connectivity index (χ0) is 21.9. The number of piperazine rings is 1. The van der Waals surface area contributed by atoms with Gasteiger partial charge >= 0.3 is 6.18 Å². The molecule has 30 heavy (non-hydrogen) atoms. The van der Waals surface area contributed by atoms with Gasteiger partial charge in [0.05, 0.1) is 16.1 Å². The number of amides is 1. The van der Waals surface area contributed by atoms with E-state index in [1.807, 2.05) is 4.90 Å². The lowest BCUT2D eigenvalue weighted by molar-refractivity contribution is -0.384. The maximum atomic E-state index is 12.9. The number of nitrogens with zero attached hydrogens (tertiary/aromatic N) is 3. The number of nitro benzene ring substituents is 1. The minimum atomic E-state index is -4.38. The molecule has 0 aromatic heterocycles. The molecule has 2 aromatic rings. The molecule has 2 aromatic carbocycles. The van der Waals surface area contributed by atoms with Crippen LogP contribution in [0.1, 0.15) is 21.5 Å². The van der Waals surface area contributed by atoms with Gasteiger partial charge in [-0.25, -0.2) is 0 Å². The molecule has 0 aliphatic carbocycles. The fourth-order valence-corrected chi connectivity index (χ4v) is 3.42. The van der Waals surface area contributed by atoms with Gasteiger partial charge in [0.15, 0.2) is 0 Å². The zero-order valence-corrected chi connectivity index (χ0v) is 16.3. The first kappa shape index (κ1) is 21.6. The van der Waals surface area contributed by atoms with E-state index in [0.717, 1.165) is 12.1 Å². The van der Waals surface area contributed by atoms with Crippen LogP contribution >= 0.6 is 0 Å². The Morgan fingerprint density at radius 1 is 1.13 bits per heavy atom. The lowest BCUT2D eigenvalue weighted by Crippen LogP contribution is -2.48. The molecular formula is C20H21F3N4O3. The van der Waals surface area contributed by atoms with Crippen LogP contribution in [-0.4, -0.2) is 53.9 Å². The summed E-state index contributed by atoms with van der Waals surface area (Å²) in [5, 5.41) is 13.9. The maximum absolute atomic E-state index is 12.9. The Kier molecular flexibility index (Phi) is 6.25. The Bertz CT molecular complexity index is 941. The summed E-state index contributed by atoms with van der Waals surface area (Å²) in [6.07, 6.45) is -4.38. The van der Waals surface area contributed by atoms with Crippen molar-refractivity contribution >= 4 is 17.3 Å². The summed E-state index contributed by atoms with van der Waals surface area (Å²) in [4.78, 5) is 27.0. The smallest absolute Gasteiger partial charge is 0.387 e. The third-order valence-electron chi connectivity index (χ3n) is 5.03. The number of hydrogen-bond acceptors (Lipinski definition) is 5. The number of halogens is 3. The van der Waals surface area contributed by atoms with Crippen LogP contribution in [0.25, 0.3) is 0 Å². The number of anilines is 1. The number of carbonyl (C=O) groups excluding carboxylic acids is 1. The second kappa shape index (κ2) is 8.70. The summed E-state index contributed by atoms with van der Waals surface area (Å²) in [5.74, 6) is -0.318. The standard InChI is InChI=1S/C20H21F3N4O3/c1-24-18-6-5-16(27(29)30)12-17(18)19(28)26-9-7-25(8-10-26)13-14-3-2-4-15(11-14)20(21,22)23/h2-6,11-12,24H,7-10,13H2,1H3. The largest absolute Gasteiger partial charge is 0.416 e. The third kappa shape index (κ3) is 4.88. The van der Waals surface area contributed by atoms with Crippen molar-refractivity contribution < 1.29 is 22.9 Å². The molecule has 0 radical (unpaired) electrons. The van der Waals surface area contributed by atoms with E-state index in [4.69, 9.17) is 0 Å². The van der Waals surface area contributed by atoms with E-state index in [9.17, 15) is 28.1 Å². The first-order chi connectivity index (χ1) is 14.2. The normalized spacial score (nSPS) is 15.1. The Hall–Kier alpha value is -3.14. The highest BCUT2D eigenvalue weighted by molar-refractivity contribution is 6.00. The average molecular weight is 422 g/mol. The summed E-state index contributed by atoms with van der Waals surface area (Å²) in [7, 11) is 1.63. The molecule has 1 heterocycles. The molecule has 1 aliphatic rings. The second-order valence-corrected chi connectivity index (χ2v) is 7.00. The molecular weight excluding hydrogens is 401 g/mol. The van der Waals surface area contributed by atoms with E-state index in [0.29, 0.717) is 44.0 Å². The SMILES string of the molecule is CNc1ccc([N+](=O)[O-])cc1C(=O)N1CCN(Cc2cccc(C(F)(F)F)c2)CC1. The number of benzene rings is 2. The molecule has 1 N–H and O–H groups in total. The quantitative estimate of drug-likeness (QED) is 0.588. The third-order valence-corrected chi connectivity index (χ3v) is 5.03. The number of non-ortho nitro benzene ring substituents is 1. The van der Waals surface area contributed by atoms with Gasteiger partial charge in [-0.05, 0) is 17.7 Å². The van der Waals surface area contributed by atoms with E-state index < -0.39 is 16.7 Å². The van der Waals surface area contributed by atoms with Crippen LogP contribution in [0.15, 0.2) is 42.5 Å². The van der Waals surface area contributed by atoms with Crippen LogP contribution in [0.5, 0.6) is 0 Å². The zero-order valence-electron chi connectivity index (χ0n) is 16.3. The van der Waals surface area contributed by atoms with E-state index >= 15 is 0 Å². The molecule has 0 bridgehead atoms. The van der Waals surface area contributed by atoms with Gasteiger partial charge in [-0.15, -0.1) is 0 Å². The highest BCUT2D eigenvalue weighted by Gasteiger charge is 2.31. The maximum Gasteiger partial charge on any atom is 0.416 e. The molecule has 0 atom stereocenters. The Balaban J connectivity index is 1.65. The van der Waals surface area contributed by atoms with Crippen LogP contribution < -0.4 is 5.32 Å². The molecule has 0 spiro atoms. The number of rotatable bonds is 5. The number of carbonyl (C=O) groups is 1. The molecule has 0 saturated carbocycles. The minimum Gasteiger partial charge on any atom is -0.387 e. The van der Waals surface area contributed by atoms with Gasteiger partial charge in [-0.3, -0.25) is 19.8 Å². The van der Waals surface area contributed by atoms with Gasteiger partial charge in [0, 0.05) is 57.6 Å². The van der Waals surface area contributed by atoms with Gasteiger partial charge < -0.3 is 10.2 Å². The topological polar surface area (TPSA) is 78.7 Å². The van der Waals surface area contributed by atoms with Crippen LogP contribution in [0, 0.1) is 10.1 Å². The number of hydrogen-bond donors (Lipinski definition) is 1. The van der Waals surface area contributed by atoms with E-state index in [2.05, 4.69) is 5.32 Å².